The van der Waals surface area contributed by atoms with Gasteiger partial charge in [0.25, 0.3) is 0 Å². The predicted molar refractivity (Wildman–Crippen MR) is 108 cm³/mol. The molecule has 0 heterocycles. The van der Waals surface area contributed by atoms with E-state index in [0.29, 0.717) is 0 Å². The molecule has 0 rings (SSSR count). The summed E-state index contributed by atoms with van der Waals surface area (Å²) in [5.41, 5.74) is -2.86. The van der Waals surface area contributed by atoms with Crippen LogP contribution in [0.1, 0.15) is 110 Å². The molecule has 0 spiro atoms. The summed E-state index contributed by atoms with van der Waals surface area (Å²) in [5, 5.41) is 37.2. The third-order valence-corrected chi connectivity index (χ3v) is 4.63. The standard InChI is InChI=1S/C16H33.C6H8O7.Na.Zn/c1-3-5-7-9-11-13-15-16-14-12-10-8-6-4-2;7-3(8)1-6(13,5(11)12)2-4(9)10;;/h1,3-16H2,2H3;13H,1-2H2,(H,7,8)(H,9,10)(H,11,12);;/q-1;;+1;+2/p-2. The van der Waals surface area contributed by atoms with Crippen LogP contribution < -0.4 is 39.8 Å². The molecule has 31 heavy (non-hydrogen) atoms. The van der Waals surface area contributed by atoms with E-state index in [1.54, 1.807) is 0 Å². The molecule has 0 saturated heterocycles. The van der Waals surface area contributed by atoms with Gasteiger partial charge >= 0.3 is 55.0 Å². The Morgan fingerprint density at radius 3 is 1.26 bits per heavy atom. The zero-order chi connectivity index (χ0) is 22.5. The third-order valence-electron chi connectivity index (χ3n) is 4.63. The van der Waals surface area contributed by atoms with Gasteiger partial charge in [0.15, 0.2) is 5.60 Å². The van der Waals surface area contributed by atoms with E-state index in [-0.39, 0.29) is 49.0 Å². The Hall–Kier alpha value is -0.00662. The number of carboxylic acid groups (broad SMARTS) is 3. The van der Waals surface area contributed by atoms with Gasteiger partial charge < -0.3 is 36.9 Å². The van der Waals surface area contributed by atoms with E-state index in [2.05, 4.69) is 13.8 Å². The predicted octanol–water partition coefficient (Wildman–Crippen LogP) is -0.615. The average Bonchev–Trinajstić information content (AvgIpc) is 2.62. The number of unbranched alkanes of at least 4 members (excludes halogenated alkanes) is 13. The van der Waals surface area contributed by atoms with Crippen molar-refractivity contribution < 1.29 is 83.8 Å². The van der Waals surface area contributed by atoms with Crippen LogP contribution in [0, 0.1) is 6.92 Å². The Balaban J connectivity index is -0.000000225. The minimum atomic E-state index is -2.86. The summed E-state index contributed by atoms with van der Waals surface area (Å²) >= 11 is 0. The van der Waals surface area contributed by atoms with Crippen LogP contribution in [0.5, 0.6) is 0 Å². The molecule has 0 aliphatic carbocycles. The van der Waals surface area contributed by atoms with E-state index in [9.17, 15) is 24.6 Å². The average molecular weight is 504 g/mol. The van der Waals surface area contributed by atoms with Crippen molar-refractivity contribution in [1.29, 1.82) is 0 Å². The normalized spacial score (nSPS) is 10.2. The van der Waals surface area contributed by atoms with Gasteiger partial charge in [0.2, 0.25) is 0 Å². The summed E-state index contributed by atoms with van der Waals surface area (Å²) in [6, 6.07) is 0. The molecule has 172 valence electrons. The van der Waals surface area contributed by atoms with Crippen molar-refractivity contribution in [3.05, 3.63) is 6.92 Å². The topological polar surface area (TPSA) is 138 Å². The first-order valence-corrected chi connectivity index (χ1v) is 10.8. The van der Waals surface area contributed by atoms with Gasteiger partial charge in [-0.1, -0.05) is 90.4 Å². The van der Waals surface area contributed by atoms with Crippen molar-refractivity contribution in [2.45, 2.75) is 115 Å². The molecule has 0 aliphatic rings. The van der Waals surface area contributed by atoms with Crippen molar-refractivity contribution >= 4 is 17.9 Å². The maximum absolute atomic E-state index is 10.3. The first-order valence-electron chi connectivity index (χ1n) is 10.8. The van der Waals surface area contributed by atoms with Crippen molar-refractivity contribution in [3.8, 4) is 0 Å². The smallest absolute Gasteiger partial charge is 0.550 e. The fourth-order valence-corrected chi connectivity index (χ4v) is 2.89. The SMILES string of the molecule is O=C([O-])CC(O)(CC(=O)[O-])C(=O)O.[CH2-]CCCCCCCCCCCCCCC.[Na+].[Zn+2]. The van der Waals surface area contributed by atoms with Gasteiger partial charge in [-0.05, 0) is 0 Å². The van der Waals surface area contributed by atoms with E-state index in [4.69, 9.17) is 10.2 Å². The number of hydrogen-bond donors (Lipinski definition) is 2. The van der Waals surface area contributed by atoms with Gasteiger partial charge in [-0.15, -0.1) is 0 Å². The van der Waals surface area contributed by atoms with Crippen LogP contribution in [-0.2, 0) is 33.9 Å². The molecule has 0 aromatic heterocycles. The van der Waals surface area contributed by atoms with Crippen molar-refractivity contribution in [1.82, 2.24) is 0 Å². The molecule has 0 atom stereocenters. The van der Waals surface area contributed by atoms with Crippen molar-refractivity contribution in [3.63, 3.8) is 0 Å². The van der Waals surface area contributed by atoms with Crippen LogP contribution in [-0.4, -0.2) is 33.7 Å². The fourth-order valence-electron chi connectivity index (χ4n) is 2.89. The van der Waals surface area contributed by atoms with E-state index in [1.807, 2.05) is 0 Å². The molecule has 0 saturated carbocycles. The quantitative estimate of drug-likeness (QED) is 0.144. The monoisotopic (exact) mass is 502 g/mol. The number of aliphatic hydroxyl groups is 1. The number of aliphatic carboxylic acids is 3. The third kappa shape index (κ3) is 28.0. The van der Waals surface area contributed by atoms with Gasteiger partial charge in [0, 0.05) is 24.8 Å². The van der Waals surface area contributed by atoms with Crippen LogP contribution in [0.2, 0.25) is 0 Å². The molecule has 0 aromatic rings. The van der Waals surface area contributed by atoms with Crippen LogP contribution in [0.4, 0.5) is 0 Å². The number of carbonyl (C=O) groups is 3. The minimum Gasteiger partial charge on any atom is -0.550 e. The summed E-state index contributed by atoms with van der Waals surface area (Å²) < 4.78 is 0. The molecule has 0 fully saturated rings. The van der Waals surface area contributed by atoms with Gasteiger partial charge in [0.1, 0.15) is 0 Å². The van der Waals surface area contributed by atoms with Gasteiger partial charge in [-0.3, -0.25) is 0 Å². The summed E-state index contributed by atoms with van der Waals surface area (Å²) in [5.74, 6) is -5.65. The minimum absolute atomic E-state index is 0. The Morgan fingerprint density at radius 1 is 0.742 bits per heavy atom. The molecule has 2 N–H and O–H groups in total. The largest absolute Gasteiger partial charge is 2.00 e. The number of rotatable bonds is 18. The maximum Gasteiger partial charge on any atom is 2.00 e. The number of carboxylic acids is 3. The Labute approximate surface area is 222 Å². The molecule has 0 aromatic carbocycles. The summed E-state index contributed by atoms with van der Waals surface area (Å²) in [4.78, 5) is 30.2. The molecular formula is C22H39NaO7Zn. The number of carbonyl (C=O) groups excluding carboxylic acids is 2. The zero-order valence-electron chi connectivity index (χ0n) is 19.7. The van der Waals surface area contributed by atoms with Crippen molar-refractivity contribution in [2.24, 2.45) is 0 Å². The summed E-state index contributed by atoms with van der Waals surface area (Å²) in [6.07, 6.45) is 17.2. The van der Waals surface area contributed by atoms with E-state index >= 15 is 0 Å². The van der Waals surface area contributed by atoms with E-state index in [1.165, 1.54) is 83.5 Å². The molecule has 9 heteroatoms. The summed E-state index contributed by atoms with van der Waals surface area (Å²) in [6.45, 7) is 6.16. The molecule has 0 aliphatic heterocycles. The first kappa shape index (κ1) is 38.3. The van der Waals surface area contributed by atoms with Crippen LogP contribution in [0.15, 0.2) is 0 Å². The fraction of sp³-hybridized carbons (Fsp3) is 0.818. The first-order chi connectivity index (χ1) is 13.7. The second-order valence-corrected chi connectivity index (χ2v) is 7.53. The molecule has 0 bridgehead atoms. The molecular weight excluding hydrogens is 465 g/mol. The van der Waals surface area contributed by atoms with Crippen LogP contribution in [0.25, 0.3) is 0 Å². The second kappa shape index (κ2) is 26.2. The zero-order valence-corrected chi connectivity index (χ0v) is 24.6. The van der Waals surface area contributed by atoms with Crippen LogP contribution >= 0.6 is 0 Å². The second-order valence-electron chi connectivity index (χ2n) is 7.53. The Morgan fingerprint density at radius 2 is 1.03 bits per heavy atom. The maximum atomic E-state index is 10.3. The Bertz CT molecular complexity index is 418. The van der Waals surface area contributed by atoms with E-state index < -0.39 is 36.4 Å². The number of hydrogen-bond acceptors (Lipinski definition) is 6. The molecule has 0 unspecified atom stereocenters. The molecule has 0 radical (unpaired) electrons. The van der Waals surface area contributed by atoms with Crippen molar-refractivity contribution in [2.75, 3.05) is 0 Å². The van der Waals surface area contributed by atoms with E-state index in [0.717, 1.165) is 6.42 Å². The summed E-state index contributed by atoms with van der Waals surface area (Å²) in [7, 11) is 0. The van der Waals surface area contributed by atoms with Gasteiger partial charge in [0.05, 0.1) is 0 Å². The van der Waals surface area contributed by atoms with Gasteiger partial charge in [-0.2, -0.15) is 6.42 Å². The van der Waals surface area contributed by atoms with Gasteiger partial charge in [-0.25, -0.2) is 4.79 Å². The Kier molecular flexibility index (Phi) is 32.4. The molecule has 0 amide bonds. The van der Waals surface area contributed by atoms with Crippen LogP contribution in [0.3, 0.4) is 0 Å². The molecule has 7 nitrogen and oxygen atoms in total.